The Labute approximate surface area is 94.3 Å². The fourth-order valence-corrected chi connectivity index (χ4v) is 1.16. The standard InChI is InChI=1S/C6H12FO9P/c7-3(6(11)12)5(10)4(9)2(8)1-16-17(13,14)15/h2-5,8-10H,1H2,(H,11,12)(H2,13,14,15)/p-1/t2-,3-,4-,5-/m1/s1. The minimum absolute atomic E-state index is 1.12. The molecule has 0 rings (SSSR count). The molecule has 0 heterocycles. The summed E-state index contributed by atoms with van der Waals surface area (Å²) in [7, 11) is -4.91. The number of carboxylic acid groups (broad SMARTS) is 1. The van der Waals surface area contributed by atoms with Crippen molar-refractivity contribution in [3.8, 4) is 0 Å². The van der Waals surface area contributed by atoms with Gasteiger partial charge >= 0.3 is 7.82 Å². The Bertz CT molecular complexity index is 304. The third-order valence-corrected chi connectivity index (χ3v) is 2.17. The van der Waals surface area contributed by atoms with E-state index in [4.69, 9.17) is 25.1 Å². The first-order valence-electron chi connectivity index (χ1n) is 4.15. The van der Waals surface area contributed by atoms with Crippen molar-refractivity contribution in [1.29, 1.82) is 0 Å². The van der Waals surface area contributed by atoms with E-state index in [2.05, 4.69) is 4.52 Å². The minimum atomic E-state index is -4.91. The molecule has 9 nitrogen and oxygen atoms in total. The van der Waals surface area contributed by atoms with Crippen LogP contribution in [-0.4, -0.2) is 62.2 Å². The molecular weight excluding hydrogens is 266 g/mol. The second kappa shape index (κ2) is 6.36. The molecule has 0 aliphatic carbocycles. The van der Waals surface area contributed by atoms with Gasteiger partial charge in [-0.1, -0.05) is 0 Å². The van der Waals surface area contributed by atoms with Crippen LogP contribution in [0.2, 0.25) is 0 Å². The molecule has 0 aliphatic heterocycles. The number of carbonyl (C=O) groups is 1. The van der Waals surface area contributed by atoms with Gasteiger partial charge in [0.2, 0.25) is 0 Å². The van der Waals surface area contributed by atoms with Crippen molar-refractivity contribution in [3.63, 3.8) is 0 Å². The molecule has 102 valence electrons. The molecule has 0 aromatic rings. The number of aliphatic carboxylic acids is 1. The highest BCUT2D eigenvalue weighted by Gasteiger charge is 2.33. The Morgan fingerprint density at radius 2 is 1.76 bits per heavy atom. The molecule has 0 aliphatic rings. The van der Waals surface area contributed by atoms with Crippen molar-refractivity contribution in [1.82, 2.24) is 0 Å². The van der Waals surface area contributed by atoms with E-state index in [0.29, 0.717) is 0 Å². The fraction of sp³-hybridized carbons (Fsp3) is 0.833. The van der Waals surface area contributed by atoms with Crippen LogP contribution in [0.25, 0.3) is 0 Å². The monoisotopic (exact) mass is 277 g/mol. The highest BCUT2D eigenvalue weighted by molar-refractivity contribution is 7.46. The number of carbonyl (C=O) groups excluding carboxylic acids is 1. The molecule has 4 atom stereocenters. The van der Waals surface area contributed by atoms with E-state index in [0.717, 1.165) is 0 Å². The topological polar surface area (TPSA) is 168 Å². The maximum atomic E-state index is 12.6. The molecular formula is C6H11FO9P-. The SMILES string of the molecule is O=C([O-])[C@H](F)[C@@H](O)[C@H](O)[C@H](O)COP(=O)(O)O. The Balaban J connectivity index is 4.34. The zero-order valence-corrected chi connectivity index (χ0v) is 9.11. The van der Waals surface area contributed by atoms with E-state index in [1.54, 1.807) is 0 Å². The number of hydrogen-bond donors (Lipinski definition) is 5. The van der Waals surface area contributed by atoms with E-state index in [1.165, 1.54) is 0 Å². The predicted octanol–water partition coefficient (Wildman–Crippen LogP) is -3.73. The summed E-state index contributed by atoms with van der Waals surface area (Å²) in [6.45, 7) is -1.12. The summed E-state index contributed by atoms with van der Waals surface area (Å²) >= 11 is 0. The van der Waals surface area contributed by atoms with E-state index in [-0.39, 0.29) is 0 Å². The van der Waals surface area contributed by atoms with Gasteiger partial charge in [0.25, 0.3) is 0 Å². The lowest BCUT2D eigenvalue weighted by molar-refractivity contribution is -0.316. The molecule has 0 aromatic carbocycles. The van der Waals surface area contributed by atoms with Gasteiger partial charge in [-0.05, 0) is 0 Å². The van der Waals surface area contributed by atoms with E-state index in [1.807, 2.05) is 0 Å². The van der Waals surface area contributed by atoms with Crippen LogP contribution in [0.1, 0.15) is 0 Å². The number of phosphoric ester groups is 1. The van der Waals surface area contributed by atoms with Crippen LogP contribution in [0, 0.1) is 0 Å². The first-order valence-corrected chi connectivity index (χ1v) is 5.68. The summed E-state index contributed by atoms with van der Waals surface area (Å²) in [4.78, 5) is 26.5. The molecule has 11 heteroatoms. The van der Waals surface area contributed by atoms with Crippen LogP contribution >= 0.6 is 7.82 Å². The molecule has 0 amide bonds. The minimum Gasteiger partial charge on any atom is -0.547 e. The number of phosphoric acid groups is 1. The molecule has 0 fully saturated rings. The molecule has 0 saturated carbocycles. The maximum Gasteiger partial charge on any atom is 0.469 e. The smallest absolute Gasteiger partial charge is 0.469 e. The number of rotatable bonds is 7. The molecule has 0 aromatic heterocycles. The predicted molar refractivity (Wildman–Crippen MR) is 45.9 cm³/mol. The van der Waals surface area contributed by atoms with Gasteiger partial charge in [-0.3, -0.25) is 4.52 Å². The summed E-state index contributed by atoms with van der Waals surface area (Å²) in [5.41, 5.74) is 0. The Morgan fingerprint density at radius 1 is 1.29 bits per heavy atom. The quantitative estimate of drug-likeness (QED) is 0.294. The number of carboxylic acids is 1. The molecule has 0 saturated heterocycles. The summed E-state index contributed by atoms with van der Waals surface area (Å²) in [6.07, 6.45) is -9.88. The van der Waals surface area contributed by atoms with Crippen LogP contribution in [0.15, 0.2) is 0 Å². The molecule has 0 unspecified atom stereocenters. The van der Waals surface area contributed by atoms with Crippen LogP contribution < -0.4 is 5.11 Å². The van der Waals surface area contributed by atoms with Crippen molar-refractivity contribution in [2.24, 2.45) is 0 Å². The van der Waals surface area contributed by atoms with Crippen molar-refractivity contribution in [2.45, 2.75) is 24.5 Å². The number of alkyl halides is 1. The van der Waals surface area contributed by atoms with Crippen molar-refractivity contribution < 1.29 is 48.5 Å². The van der Waals surface area contributed by atoms with Gasteiger partial charge in [0, 0.05) is 0 Å². The first kappa shape index (κ1) is 16.4. The van der Waals surface area contributed by atoms with Crippen molar-refractivity contribution in [3.05, 3.63) is 0 Å². The third kappa shape index (κ3) is 6.03. The van der Waals surface area contributed by atoms with E-state index in [9.17, 15) is 18.9 Å². The van der Waals surface area contributed by atoms with Crippen molar-refractivity contribution >= 4 is 13.8 Å². The Hall–Kier alpha value is -0.610. The average molecular weight is 277 g/mol. The van der Waals surface area contributed by atoms with Crippen molar-refractivity contribution in [2.75, 3.05) is 6.61 Å². The second-order valence-corrected chi connectivity index (χ2v) is 4.30. The van der Waals surface area contributed by atoms with Crippen LogP contribution in [0.5, 0.6) is 0 Å². The third-order valence-electron chi connectivity index (χ3n) is 1.68. The molecule has 0 spiro atoms. The lowest BCUT2D eigenvalue weighted by atomic mass is 10.0. The Kier molecular flexibility index (Phi) is 6.13. The zero-order chi connectivity index (χ0) is 13.8. The van der Waals surface area contributed by atoms with E-state index >= 15 is 0 Å². The second-order valence-electron chi connectivity index (χ2n) is 3.06. The average Bonchev–Trinajstić information content (AvgIpc) is 2.21. The lowest BCUT2D eigenvalue weighted by Crippen LogP contribution is -2.50. The highest BCUT2D eigenvalue weighted by Crippen LogP contribution is 2.35. The number of aliphatic hydroxyl groups excluding tert-OH is 3. The summed E-state index contributed by atoms with van der Waals surface area (Å²) in [5, 5.41) is 37.0. The van der Waals surface area contributed by atoms with Gasteiger partial charge < -0.3 is 35.0 Å². The normalized spacial score (nSPS) is 19.4. The zero-order valence-electron chi connectivity index (χ0n) is 8.21. The molecule has 17 heavy (non-hydrogen) atoms. The highest BCUT2D eigenvalue weighted by atomic mass is 31.2. The maximum absolute atomic E-state index is 12.6. The van der Waals surface area contributed by atoms with Crippen LogP contribution in [0.4, 0.5) is 4.39 Å². The largest absolute Gasteiger partial charge is 0.547 e. The Morgan fingerprint density at radius 3 is 2.12 bits per heavy atom. The molecule has 0 radical (unpaired) electrons. The fourth-order valence-electron chi connectivity index (χ4n) is 0.812. The van der Waals surface area contributed by atoms with Gasteiger partial charge in [0.1, 0.15) is 18.3 Å². The van der Waals surface area contributed by atoms with Crippen LogP contribution in [-0.2, 0) is 13.9 Å². The number of hydrogen-bond acceptors (Lipinski definition) is 7. The van der Waals surface area contributed by atoms with Crippen LogP contribution in [0.3, 0.4) is 0 Å². The first-order chi connectivity index (χ1) is 7.56. The molecule has 5 N–H and O–H groups in total. The lowest BCUT2D eigenvalue weighted by Gasteiger charge is -2.25. The number of halogens is 1. The van der Waals surface area contributed by atoms with E-state index < -0.39 is 44.9 Å². The van der Waals surface area contributed by atoms with Gasteiger partial charge in [-0.15, -0.1) is 0 Å². The summed E-state index contributed by atoms with van der Waals surface area (Å²) in [5.74, 6) is -2.31. The number of aliphatic hydroxyl groups is 3. The summed E-state index contributed by atoms with van der Waals surface area (Å²) < 4.78 is 26.6. The van der Waals surface area contributed by atoms with Gasteiger partial charge in [0.05, 0.1) is 12.6 Å². The van der Waals surface area contributed by atoms with Gasteiger partial charge in [0.15, 0.2) is 6.17 Å². The summed E-state index contributed by atoms with van der Waals surface area (Å²) in [6, 6.07) is 0. The molecule has 0 bridgehead atoms. The van der Waals surface area contributed by atoms with Gasteiger partial charge in [-0.25, -0.2) is 8.96 Å². The van der Waals surface area contributed by atoms with Gasteiger partial charge in [-0.2, -0.15) is 0 Å².